The van der Waals surface area contributed by atoms with Crippen LogP contribution in [0.4, 0.5) is 0 Å². The molecule has 0 fully saturated rings. The SMILES string of the molecule is CCCC1C(=O)NC(=O)C=C1N. The van der Waals surface area contributed by atoms with E-state index in [1.54, 1.807) is 0 Å². The minimum Gasteiger partial charge on any atom is -0.401 e. The van der Waals surface area contributed by atoms with Crippen molar-refractivity contribution >= 4 is 11.8 Å². The van der Waals surface area contributed by atoms with Crippen LogP contribution < -0.4 is 11.1 Å². The summed E-state index contributed by atoms with van der Waals surface area (Å²) < 4.78 is 0. The van der Waals surface area contributed by atoms with Gasteiger partial charge in [-0.05, 0) is 6.42 Å². The molecule has 3 N–H and O–H groups in total. The summed E-state index contributed by atoms with van der Waals surface area (Å²) in [6.45, 7) is 1.97. The third kappa shape index (κ3) is 1.64. The fraction of sp³-hybridized carbons (Fsp3) is 0.500. The van der Waals surface area contributed by atoms with Crippen LogP contribution in [0.25, 0.3) is 0 Å². The minimum absolute atomic E-state index is 0.276. The second-order valence-electron chi connectivity index (χ2n) is 2.84. The van der Waals surface area contributed by atoms with E-state index in [1.165, 1.54) is 6.08 Å². The molecule has 0 aromatic carbocycles. The number of imide groups is 1. The van der Waals surface area contributed by atoms with Gasteiger partial charge < -0.3 is 5.73 Å². The van der Waals surface area contributed by atoms with Gasteiger partial charge in [0.2, 0.25) is 5.91 Å². The number of carbonyl (C=O) groups is 2. The summed E-state index contributed by atoms with van der Waals surface area (Å²) in [5, 5.41) is 2.21. The lowest BCUT2D eigenvalue weighted by molar-refractivity contribution is -0.131. The Hall–Kier alpha value is -1.32. The Balaban J connectivity index is 2.78. The van der Waals surface area contributed by atoms with Gasteiger partial charge in [0.05, 0.1) is 5.92 Å². The van der Waals surface area contributed by atoms with Gasteiger partial charge in [-0.1, -0.05) is 13.3 Å². The van der Waals surface area contributed by atoms with Crippen molar-refractivity contribution < 1.29 is 9.59 Å². The van der Waals surface area contributed by atoms with Crippen molar-refractivity contribution in [1.82, 2.24) is 5.32 Å². The second-order valence-corrected chi connectivity index (χ2v) is 2.84. The van der Waals surface area contributed by atoms with Crippen molar-refractivity contribution in [1.29, 1.82) is 0 Å². The quantitative estimate of drug-likeness (QED) is 0.565. The summed E-state index contributed by atoms with van der Waals surface area (Å²) in [5.74, 6) is -1.00. The molecule has 0 bridgehead atoms. The Kier molecular flexibility index (Phi) is 2.47. The van der Waals surface area contributed by atoms with E-state index in [1.807, 2.05) is 6.92 Å². The van der Waals surface area contributed by atoms with Crippen molar-refractivity contribution in [2.24, 2.45) is 11.7 Å². The fourth-order valence-electron chi connectivity index (χ4n) is 1.23. The van der Waals surface area contributed by atoms with Crippen LogP contribution in [0.2, 0.25) is 0 Å². The number of hydrogen-bond donors (Lipinski definition) is 2. The van der Waals surface area contributed by atoms with E-state index in [4.69, 9.17) is 5.73 Å². The van der Waals surface area contributed by atoms with Crippen LogP contribution in [0, 0.1) is 5.92 Å². The Morgan fingerprint density at radius 1 is 1.58 bits per heavy atom. The summed E-state index contributed by atoms with van der Waals surface area (Å²) >= 11 is 0. The molecule has 1 aliphatic heterocycles. The topological polar surface area (TPSA) is 72.2 Å². The van der Waals surface area contributed by atoms with E-state index >= 15 is 0 Å². The van der Waals surface area contributed by atoms with Crippen molar-refractivity contribution in [2.75, 3.05) is 0 Å². The maximum atomic E-state index is 11.2. The van der Waals surface area contributed by atoms with Gasteiger partial charge in [-0.25, -0.2) is 0 Å². The molecule has 1 heterocycles. The zero-order valence-electron chi connectivity index (χ0n) is 6.96. The van der Waals surface area contributed by atoms with Crippen LogP contribution >= 0.6 is 0 Å². The molecule has 0 aromatic heterocycles. The highest BCUT2D eigenvalue weighted by Gasteiger charge is 2.26. The molecule has 2 amide bonds. The van der Waals surface area contributed by atoms with Crippen LogP contribution in [-0.2, 0) is 9.59 Å². The predicted molar refractivity (Wildman–Crippen MR) is 43.8 cm³/mol. The first-order valence-corrected chi connectivity index (χ1v) is 3.97. The van der Waals surface area contributed by atoms with Gasteiger partial charge in [-0.15, -0.1) is 0 Å². The normalized spacial score (nSPS) is 23.4. The zero-order valence-corrected chi connectivity index (χ0v) is 6.96. The summed E-state index contributed by atoms with van der Waals surface area (Å²) in [7, 11) is 0. The van der Waals surface area contributed by atoms with Gasteiger partial charge in [0.15, 0.2) is 0 Å². The number of hydrogen-bond acceptors (Lipinski definition) is 3. The van der Waals surface area contributed by atoms with Crippen molar-refractivity contribution in [3.63, 3.8) is 0 Å². The lowest BCUT2D eigenvalue weighted by atomic mass is 9.96. The average Bonchev–Trinajstić information content (AvgIpc) is 1.96. The van der Waals surface area contributed by atoms with E-state index in [-0.39, 0.29) is 11.8 Å². The Labute approximate surface area is 70.8 Å². The molecule has 66 valence electrons. The van der Waals surface area contributed by atoms with E-state index in [0.29, 0.717) is 12.1 Å². The molecule has 4 nitrogen and oxygen atoms in total. The zero-order chi connectivity index (χ0) is 9.14. The first kappa shape index (κ1) is 8.77. The largest absolute Gasteiger partial charge is 0.401 e. The molecule has 0 aliphatic carbocycles. The molecule has 4 heteroatoms. The molecular formula is C8H12N2O2. The summed E-state index contributed by atoms with van der Waals surface area (Å²) in [6, 6.07) is 0. The molecule has 12 heavy (non-hydrogen) atoms. The summed E-state index contributed by atoms with van der Waals surface area (Å²) in [4.78, 5) is 21.9. The number of nitrogens with one attached hydrogen (secondary N) is 1. The first-order valence-electron chi connectivity index (χ1n) is 3.97. The van der Waals surface area contributed by atoms with Gasteiger partial charge in [-0.3, -0.25) is 14.9 Å². The number of carbonyl (C=O) groups excluding carboxylic acids is 2. The van der Waals surface area contributed by atoms with Gasteiger partial charge in [0.25, 0.3) is 5.91 Å². The third-order valence-electron chi connectivity index (χ3n) is 1.84. The highest BCUT2D eigenvalue weighted by atomic mass is 16.2. The summed E-state index contributed by atoms with van der Waals surface area (Å²) in [5.41, 5.74) is 5.91. The van der Waals surface area contributed by atoms with E-state index in [0.717, 1.165) is 6.42 Å². The van der Waals surface area contributed by atoms with E-state index in [9.17, 15) is 9.59 Å². The second kappa shape index (κ2) is 3.38. The van der Waals surface area contributed by atoms with Gasteiger partial charge in [0, 0.05) is 11.8 Å². The number of rotatable bonds is 2. The van der Waals surface area contributed by atoms with Crippen LogP contribution in [0.3, 0.4) is 0 Å². The highest BCUT2D eigenvalue weighted by molar-refractivity contribution is 6.05. The van der Waals surface area contributed by atoms with E-state index in [2.05, 4.69) is 5.32 Å². The number of nitrogens with two attached hydrogens (primary N) is 1. The molecular weight excluding hydrogens is 156 g/mol. The molecule has 0 saturated carbocycles. The maximum Gasteiger partial charge on any atom is 0.252 e. The maximum absolute atomic E-state index is 11.2. The third-order valence-corrected chi connectivity index (χ3v) is 1.84. The van der Waals surface area contributed by atoms with Crippen molar-refractivity contribution in [2.45, 2.75) is 19.8 Å². The van der Waals surface area contributed by atoms with Gasteiger partial charge in [-0.2, -0.15) is 0 Å². The fourth-order valence-corrected chi connectivity index (χ4v) is 1.23. The smallest absolute Gasteiger partial charge is 0.252 e. The van der Waals surface area contributed by atoms with Crippen LogP contribution in [0.15, 0.2) is 11.8 Å². The molecule has 1 rings (SSSR count). The first-order chi connectivity index (χ1) is 5.65. The Morgan fingerprint density at radius 3 is 2.75 bits per heavy atom. The molecule has 0 radical (unpaired) electrons. The molecule has 0 saturated heterocycles. The van der Waals surface area contributed by atoms with Crippen LogP contribution in [-0.4, -0.2) is 11.8 Å². The molecule has 1 aliphatic rings. The number of amides is 2. The molecule has 1 atom stereocenters. The molecule has 1 unspecified atom stereocenters. The Morgan fingerprint density at radius 2 is 2.25 bits per heavy atom. The standard InChI is InChI=1S/C8H12N2O2/c1-2-3-5-6(9)4-7(11)10-8(5)12/h4-5H,2-3,9H2,1H3,(H,10,11,12). The lowest BCUT2D eigenvalue weighted by Crippen LogP contribution is -2.41. The Bertz CT molecular complexity index is 245. The average molecular weight is 168 g/mol. The molecule has 0 spiro atoms. The lowest BCUT2D eigenvalue weighted by Gasteiger charge is -2.19. The highest BCUT2D eigenvalue weighted by Crippen LogP contribution is 2.15. The van der Waals surface area contributed by atoms with Crippen molar-refractivity contribution in [3.05, 3.63) is 11.8 Å². The van der Waals surface area contributed by atoms with Gasteiger partial charge in [0.1, 0.15) is 0 Å². The van der Waals surface area contributed by atoms with Crippen molar-refractivity contribution in [3.8, 4) is 0 Å². The summed E-state index contributed by atoms with van der Waals surface area (Å²) in [6.07, 6.45) is 2.85. The monoisotopic (exact) mass is 168 g/mol. The van der Waals surface area contributed by atoms with Crippen LogP contribution in [0.5, 0.6) is 0 Å². The van der Waals surface area contributed by atoms with Gasteiger partial charge >= 0.3 is 0 Å². The predicted octanol–water partition coefficient (Wildman–Crippen LogP) is -0.0983. The van der Waals surface area contributed by atoms with Crippen LogP contribution in [0.1, 0.15) is 19.8 Å². The minimum atomic E-state index is -0.412. The van der Waals surface area contributed by atoms with E-state index < -0.39 is 5.91 Å². The molecule has 0 aromatic rings.